The number of amides is 1. The number of carbonyl (C=O) groups is 1. The molecule has 194 valence electrons. The molecule has 0 saturated carbocycles. The molecular formula is C26H23F4N3O3S. The van der Waals surface area contributed by atoms with E-state index in [0.29, 0.717) is 27.5 Å². The Morgan fingerprint density at radius 2 is 1.86 bits per heavy atom. The van der Waals surface area contributed by atoms with Crippen LogP contribution in [0.15, 0.2) is 58.4 Å². The number of aromatic nitrogens is 1. The highest BCUT2D eigenvalue weighted by molar-refractivity contribution is 7.98. The Hall–Kier alpha value is -3.47. The maximum atomic E-state index is 15.1. The van der Waals surface area contributed by atoms with Gasteiger partial charge in [-0.25, -0.2) is 4.39 Å². The van der Waals surface area contributed by atoms with E-state index in [1.807, 2.05) is 25.1 Å². The Morgan fingerprint density at radius 1 is 1.14 bits per heavy atom. The van der Waals surface area contributed by atoms with Crippen molar-refractivity contribution < 1.29 is 27.5 Å². The molecule has 5 rings (SSSR count). The summed E-state index contributed by atoms with van der Waals surface area (Å²) in [5.41, 5.74) is 1.64. The first-order valence-electron chi connectivity index (χ1n) is 11.7. The van der Waals surface area contributed by atoms with Gasteiger partial charge < -0.3 is 10.0 Å². The molecule has 3 aromatic rings. The van der Waals surface area contributed by atoms with Gasteiger partial charge in [0.25, 0.3) is 5.91 Å². The summed E-state index contributed by atoms with van der Waals surface area (Å²) in [7, 11) is 0. The first kappa shape index (κ1) is 25.2. The standard InChI is InChI=1S/C26H23F4N3O3S/c1-3-15-6-4-7-16-12-37-24-17(8-5-9-18(24)27)21(20(15)16)33-13-31(14(2)26(28,29)30)25(36)22-23(35)19(34)10-11-32(22)33/h4-11,14,21,35H,3,12-13H2,1-2H3/t14-,21-/m1/s1. The van der Waals surface area contributed by atoms with E-state index in [1.54, 1.807) is 6.07 Å². The van der Waals surface area contributed by atoms with E-state index in [2.05, 4.69) is 0 Å². The third-order valence-corrected chi connectivity index (χ3v) is 8.11. The van der Waals surface area contributed by atoms with E-state index in [-0.39, 0.29) is 0 Å². The van der Waals surface area contributed by atoms with E-state index in [0.717, 1.165) is 29.7 Å². The van der Waals surface area contributed by atoms with Crippen LogP contribution in [0.1, 0.15) is 52.6 Å². The van der Waals surface area contributed by atoms with Crippen molar-refractivity contribution in [3.05, 3.63) is 92.6 Å². The summed E-state index contributed by atoms with van der Waals surface area (Å²) >= 11 is 1.29. The number of hydrogen-bond donors (Lipinski definition) is 1. The van der Waals surface area contributed by atoms with E-state index in [1.165, 1.54) is 39.8 Å². The van der Waals surface area contributed by atoms with E-state index >= 15 is 4.39 Å². The number of halogens is 4. The van der Waals surface area contributed by atoms with Gasteiger partial charge in [-0.05, 0) is 41.7 Å². The highest BCUT2D eigenvalue weighted by atomic mass is 32.2. The molecule has 0 aliphatic carbocycles. The van der Waals surface area contributed by atoms with Crippen molar-refractivity contribution in [3.63, 3.8) is 0 Å². The Morgan fingerprint density at radius 3 is 2.57 bits per heavy atom. The Balaban J connectivity index is 1.83. The van der Waals surface area contributed by atoms with Crippen molar-refractivity contribution in [1.82, 2.24) is 9.58 Å². The number of nitrogens with zero attached hydrogens (tertiary/aromatic N) is 3. The van der Waals surface area contributed by atoms with Crippen molar-refractivity contribution in [1.29, 1.82) is 0 Å². The van der Waals surface area contributed by atoms with Crippen LogP contribution in [0.2, 0.25) is 0 Å². The summed E-state index contributed by atoms with van der Waals surface area (Å²) in [5, 5.41) is 12.1. The molecule has 0 spiro atoms. The summed E-state index contributed by atoms with van der Waals surface area (Å²) in [6.07, 6.45) is -2.90. The monoisotopic (exact) mass is 533 g/mol. The van der Waals surface area contributed by atoms with Crippen LogP contribution < -0.4 is 10.4 Å². The number of carbonyl (C=O) groups excluding carboxylic acids is 1. The molecule has 2 aromatic carbocycles. The molecule has 2 aliphatic heterocycles. The number of alkyl halides is 3. The van der Waals surface area contributed by atoms with Crippen LogP contribution in [0.5, 0.6) is 5.75 Å². The number of fused-ring (bicyclic) bond motifs is 3. The minimum atomic E-state index is -4.76. The predicted octanol–water partition coefficient (Wildman–Crippen LogP) is 4.95. The van der Waals surface area contributed by atoms with Gasteiger partial charge in [0, 0.05) is 22.9 Å². The van der Waals surface area contributed by atoms with Gasteiger partial charge in [0.15, 0.2) is 11.4 Å². The molecule has 2 aliphatic rings. The fourth-order valence-corrected chi connectivity index (χ4v) is 6.10. The van der Waals surface area contributed by atoms with Crippen molar-refractivity contribution in [2.24, 2.45) is 0 Å². The number of pyridine rings is 1. The number of aromatic hydroxyl groups is 1. The van der Waals surface area contributed by atoms with Crippen LogP contribution >= 0.6 is 11.8 Å². The average molecular weight is 534 g/mol. The van der Waals surface area contributed by atoms with Gasteiger partial charge >= 0.3 is 6.18 Å². The van der Waals surface area contributed by atoms with Crippen LogP contribution in [0, 0.1) is 5.82 Å². The number of benzene rings is 2. The van der Waals surface area contributed by atoms with Gasteiger partial charge in [0.05, 0.1) is 6.04 Å². The second-order valence-electron chi connectivity index (χ2n) is 8.99. The molecule has 0 fully saturated rings. The first-order chi connectivity index (χ1) is 17.5. The zero-order chi connectivity index (χ0) is 26.6. The topological polar surface area (TPSA) is 65.8 Å². The highest BCUT2D eigenvalue weighted by Crippen LogP contribution is 2.45. The molecule has 1 amide bonds. The predicted molar refractivity (Wildman–Crippen MR) is 131 cm³/mol. The first-order valence-corrected chi connectivity index (χ1v) is 12.6. The van der Waals surface area contributed by atoms with Gasteiger partial charge in [0.2, 0.25) is 5.43 Å². The second kappa shape index (κ2) is 9.13. The molecule has 0 bridgehead atoms. The maximum Gasteiger partial charge on any atom is 0.408 e. The molecule has 11 heteroatoms. The normalized spacial score (nSPS) is 18.1. The number of aryl methyl sites for hydroxylation is 1. The molecule has 37 heavy (non-hydrogen) atoms. The van der Waals surface area contributed by atoms with Crippen LogP contribution in [0.4, 0.5) is 17.6 Å². The van der Waals surface area contributed by atoms with Crippen LogP contribution in [-0.4, -0.2) is 39.5 Å². The third kappa shape index (κ3) is 4.05. The lowest BCUT2D eigenvalue weighted by Gasteiger charge is -2.46. The van der Waals surface area contributed by atoms with Crippen molar-refractivity contribution >= 4 is 17.7 Å². The SMILES string of the molecule is CCc1cccc2c1[C@H](N1CN([C@H](C)C(F)(F)F)C(=O)c3c(O)c(=O)ccn31)c1cccc(F)c1SC2. The van der Waals surface area contributed by atoms with E-state index < -0.39 is 53.5 Å². The molecule has 2 atom stereocenters. The Kier molecular flexibility index (Phi) is 6.21. The maximum absolute atomic E-state index is 15.1. The lowest BCUT2D eigenvalue weighted by atomic mass is 9.89. The van der Waals surface area contributed by atoms with Gasteiger partial charge in [-0.3, -0.25) is 19.3 Å². The zero-order valence-electron chi connectivity index (χ0n) is 19.9. The van der Waals surface area contributed by atoms with E-state index in [9.17, 15) is 27.9 Å². The van der Waals surface area contributed by atoms with Gasteiger partial charge in [-0.1, -0.05) is 37.3 Å². The summed E-state index contributed by atoms with van der Waals surface area (Å²) < 4.78 is 57.9. The Labute approximate surface area is 214 Å². The van der Waals surface area contributed by atoms with Crippen LogP contribution in [0.25, 0.3) is 0 Å². The fourth-order valence-electron chi connectivity index (χ4n) is 5.00. The van der Waals surface area contributed by atoms with Crippen LogP contribution in [-0.2, 0) is 12.2 Å². The van der Waals surface area contributed by atoms with Crippen molar-refractivity contribution in [2.45, 2.75) is 49.2 Å². The molecule has 0 unspecified atom stereocenters. The van der Waals surface area contributed by atoms with Crippen molar-refractivity contribution in [2.75, 3.05) is 11.7 Å². The molecule has 1 N–H and O–H groups in total. The molecule has 1 aromatic heterocycles. The summed E-state index contributed by atoms with van der Waals surface area (Å²) in [6.45, 7) is 2.29. The number of rotatable bonds is 3. The molecular weight excluding hydrogens is 510 g/mol. The highest BCUT2D eigenvalue weighted by Gasteiger charge is 2.48. The minimum Gasteiger partial charge on any atom is -0.502 e. The fraction of sp³-hybridized carbons (Fsp3) is 0.308. The summed E-state index contributed by atoms with van der Waals surface area (Å²) in [5.74, 6) is -2.09. The quantitative estimate of drug-likeness (QED) is 0.483. The lowest BCUT2D eigenvalue weighted by Crippen LogP contribution is -2.60. The molecule has 0 radical (unpaired) electrons. The van der Waals surface area contributed by atoms with Gasteiger partial charge in [-0.2, -0.15) is 13.2 Å². The minimum absolute atomic E-state index is 0.352. The number of thioether (sulfide) groups is 1. The lowest BCUT2D eigenvalue weighted by molar-refractivity contribution is -0.173. The Bertz CT molecular complexity index is 1460. The average Bonchev–Trinajstić information content (AvgIpc) is 3.03. The van der Waals surface area contributed by atoms with Gasteiger partial charge in [0.1, 0.15) is 18.5 Å². The van der Waals surface area contributed by atoms with Gasteiger partial charge in [-0.15, -0.1) is 11.8 Å². The molecule has 0 saturated heterocycles. The third-order valence-electron chi connectivity index (χ3n) is 6.94. The second-order valence-corrected chi connectivity index (χ2v) is 9.97. The van der Waals surface area contributed by atoms with Crippen LogP contribution in [0.3, 0.4) is 0 Å². The smallest absolute Gasteiger partial charge is 0.408 e. The number of hydrogen-bond acceptors (Lipinski definition) is 5. The van der Waals surface area contributed by atoms with E-state index in [4.69, 9.17) is 0 Å². The largest absolute Gasteiger partial charge is 0.502 e. The summed E-state index contributed by atoms with van der Waals surface area (Å²) in [6, 6.07) is 8.30. The molecule has 3 heterocycles. The summed E-state index contributed by atoms with van der Waals surface area (Å²) in [4.78, 5) is 26.5. The van der Waals surface area contributed by atoms with Crippen molar-refractivity contribution in [3.8, 4) is 5.75 Å². The molecule has 6 nitrogen and oxygen atoms in total. The zero-order valence-corrected chi connectivity index (χ0v) is 20.7.